The minimum Gasteiger partial charge on any atom is -0.256 e. The van der Waals surface area contributed by atoms with Gasteiger partial charge >= 0.3 is 0 Å². The van der Waals surface area contributed by atoms with Gasteiger partial charge in [-0.05, 0) is 113 Å². The molecule has 7 aromatic carbocycles. The second kappa shape index (κ2) is 10.2. The van der Waals surface area contributed by atoms with Crippen molar-refractivity contribution in [3.8, 4) is 44.8 Å². The van der Waals surface area contributed by atoms with E-state index in [-0.39, 0.29) is 10.8 Å². The number of hydrogen-bond donors (Lipinski definition) is 0. The van der Waals surface area contributed by atoms with Gasteiger partial charge < -0.3 is 0 Å². The van der Waals surface area contributed by atoms with E-state index in [2.05, 4.69) is 161 Å². The first-order chi connectivity index (χ1) is 25.3. The lowest BCUT2D eigenvalue weighted by atomic mass is 9.78. The van der Waals surface area contributed by atoms with Crippen molar-refractivity contribution in [1.29, 1.82) is 0 Å². The Labute approximate surface area is 303 Å². The molecule has 2 aliphatic carbocycles. The van der Waals surface area contributed by atoms with Crippen LogP contribution in [-0.2, 0) is 10.8 Å². The summed E-state index contributed by atoms with van der Waals surface area (Å²) in [6, 6.07) is 49.4. The van der Waals surface area contributed by atoms with Gasteiger partial charge in [0.25, 0.3) is 0 Å². The molecule has 2 aromatic heterocycles. The number of rotatable bonds is 2. The molecule has 0 aliphatic heterocycles. The van der Waals surface area contributed by atoms with Crippen LogP contribution in [0.25, 0.3) is 87.9 Å². The molecular formula is C50H36N2. The van der Waals surface area contributed by atoms with Crippen molar-refractivity contribution < 1.29 is 0 Å². The summed E-state index contributed by atoms with van der Waals surface area (Å²) in [6.45, 7) is 9.64. The Hall–Kier alpha value is -6.12. The average Bonchev–Trinajstić information content (AvgIpc) is 3.54. The van der Waals surface area contributed by atoms with Crippen LogP contribution in [0.1, 0.15) is 49.9 Å². The fraction of sp³-hybridized carbons (Fsp3) is 0.120. The highest BCUT2D eigenvalue weighted by Gasteiger charge is 2.43. The van der Waals surface area contributed by atoms with Crippen LogP contribution in [-0.4, -0.2) is 9.97 Å². The largest absolute Gasteiger partial charge is 0.256 e. The zero-order chi connectivity index (χ0) is 34.9. The number of pyridine rings is 2. The van der Waals surface area contributed by atoms with Crippen LogP contribution < -0.4 is 0 Å². The van der Waals surface area contributed by atoms with Gasteiger partial charge in [-0.3, -0.25) is 9.97 Å². The summed E-state index contributed by atoms with van der Waals surface area (Å²) in [5, 5.41) is 9.87. The molecule has 0 saturated heterocycles. The summed E-state index contributed by atoms with van der Waals surface area (Å²) in [5.74, 6) is 0. The molecule has 2 heterocycles. The minimum atomic E-state index is -0.210. The maximum absolute atomic E-state index is 5.01. The van der Waals surface area contributed by atoms with E-state index in [1.165, 1.54) is 98.7 Å². The van der Waals surface area contributed by atoms with Crippen LogP contribution in [0.2, 0.25) is 0 Å². The molecular weight excluding hydrogens is 629 g/mol. The first-order valence-electron chi connectivity index (χ1n) is 18.3. The topological polar surface area (TPSA) is 25.8 Å². The molecule has 2 aliphatic rings. The quantitative estimate of drug-likeness (QED) is 0.184. The van der Waals surface area contributed by atoms with E-state index in [4.69, 9.17) is 9.97 Å². The van der Waals surface area contributed by atoms with E-state index >= 15 is 0 Å². The maximum Gasteiger partial charge on any atom is 0.0786 e. The number of benzene rings is 7. The summed E-state index contributed by atoms with van der Waals surface area (Å²) in [7, 11) is 0. The third-order valence-corrected chi connectivity index (χ3v) is 12.3. The zero-order valence-electron chi connectivity index (χ0n) is 29.8. The second-order valence-electron chi connectivity index (χ2n) is 15.7. The number of fused-ring (bicyclic) bond motifs is 12. The van der Waals surface area contributed by atoms with Crippen molar-refractivity contribution in [3.63, 3.8) is 0 Å². The van der Waals surface area contributed by atoms with Gasteiger partial charge in [0.05, 0.1) is 11.4 Å². The first kappa shape index (κ1) is 29.6. The molecule has 2 nitrogen and oxygen atoms in total. The number of hydrogen-bond acceptors (Lipinski definition) is 2. The molecule has 0 amide bonds. The van der Waals surface area contributed by atoms with Crippen LogP contribution in [0.4, 0.5) is 0 Å². The van der Waals surface area contributed by atoms with Crippen molar-refractivity contribution in [2.24, 2.45) is 0 Å². The second-order valence-corrected chi connectivity index (χ2v) is 15.7. The van der Waals surface area contributed by atoms with E-state index in [9.17, 15) is 0 Å². The summed E-state index contributed by atoms with van der Waals surface area (Å²) in [5.41, 5.74) is 15.0. The molecule has 52 heavy (non-hydrogen) atoms. The predicted molar refractivity (Wildman–Crippen MR) is 218 cm³/mol. The lowest BCUT2D eigenvalue weighted by Gasteiger charge is -2.24. The van der Waals surface area contributed by atoms with Crippen LogP contribution in [0, 0.1) is 0 Å². The van der Waals surface area contributed by atoms with Gasteiger partial charge in [-0.15, -0.1) is 0 Å². The molecule has 0 unspecified atom stereocenters. The Morgan fingerprint density at radius 3 is 1.12 bits per heavy atom. The number of aromatic nitrogens is 2. The maximum atomic E-state index is 5.01. The third-order valence-electron chi connectivity index (χ3n) is 12.3. The lowest BCUT2D eigenvalue weighted by Crippen LogP contribution is -2.17. The Balaban J connectivity index is 1.18. The molecule has 9 aromatic rings. The summed E-state index contributed by atoms with van der Waals surface area (Å²) in [6.07, 6.45) is 3.91. The van der Waals surface area contributed by atoms with Crippen molar-refractivity contribution in [2.75, 3.05) is 0 Å². The van der Waals surface area contributed by atoms with Gasteiger partial charge in [0.2, 0.25) is 0 Å². The molecule has 0 fully saturated rings. The summed E-state index contributed by atoms with van der Waals surface area (Å²) < 4.78 is 0. The van der Waals surface area contributed by atoms with E-state index in [1.807, 2.05) is 12.4 Å². The first-order valence-corrected chi connectivity index (χ1v) is 18.3. The SMILES string of the molecule is CC1(C)c2cc3c(cc2-c2c1cc(-c1nccc4ccccc14)c1ccccc21)C(C)(C)c1cc(-c2nccc4ccccc24)c2ccccc2c1-3. The van der Waals surface area contributed by atoms with Gasteiger partial charge in [0.15, 0.2) is 0 Å². The fourth-order valence-corrected chi connectivity index (χ4v) is 9.71. The van der Waals surface area contributed by atoms with Gasteiger partial charge in [-0.2, -0.15) is 0 Å². The summed E-state index contributed by atoms with van der Waals surface area (Å²) in [4.78, 5) is 10.0. The van der Waals surface area contributed by atoms with E-state index in [1.54, 1.807) is 0 Å². The predicted octanol–water partition coefficient (Wildman–Crippen LogP) is 13.0. The van der Waals surface area contributed by atoms with Gasteiger partial charge in [0.1, 0.15) is 0 Å². The highest BCUT2D eigenvalue weighted by atomic mass is 14.7. The van der Waals surface area contributed by atoms with E-state index in [0.29, 0.717) is 0 Å². The molecule has 0 saturated carbocycles. The molecule has 11 rings (SSSR count). The Morgan fingerprint density at radius 2 is 0.692 bits per heavy atom. The van der Waals surface area contributed by atoms with Crippen molar-refractivity contribution in [1.82, 2.24) is 9.97 Å². The smallest absolute Gasteiger partial charge is 0.0786 e. The highest BCUT2D eigenvalue weighted by molar-refractivity contribution is 6.14. The highest BCUT2D eigenvalue weighted by Crippen LogP contribution is 2.60. The zero-order valence-corrected chi connectivity index (χ0v) is 29.8. The Bertz CT molecular complexity index is 2800. The molecule has 0 N–H and O–H groups in total. The molecule has 0 spiro atoms. The van der Waals surface area contributed by atoms with E-state index < -0.39 is 0 Å². The van der Waals surface area contributed by atoms with Crippen LogP contribution in [0.15, 0.2) is 146 Å². The minimum absolute atomic E-state index is 0.210. The Morgan fingerprint density at radius 1 is 0.346 bits per heavy atom. The third kappa shape index (κ3) is 3.79. The molecule has 0 atom stereocenters. The molecule has 0 radical (unpaired) electrons. The molecule has 0 bridgehead atoms. The monoisotopic (exact) mass is 664 g/mol. The average molecular weight is 665 g/mol. The molecule has 246 valence electrons. The van der Waals surface area contributed by atoms with E-state index in [0.717, 1.165) is 11.4 Å². The normalized spacial score (nSPS) is 14.8. The fourth-order valence-electron chi connectivity index (χ4n) is 9.71. The van der Waals surface area contributed by atoms with Gasteiger partial charge in [-0.25, -0.2) is 0 Å². The van der Waals surface area contributed by atoms with Crippen LogP contribution in [0.3, 0.4) is 0 Å². The van der Waals surface area contributed by atoms with Crippen molar-refractivity contribution in [2.45, 2.75) is 38.5 Å². The van der Waals surface area contributed by atoms with Crippen LogP contribution in [0.5, 0.6) is 0 Å². The van der Waals surface area contributed by atoms with Gasteiger partial charge in [-0.1, -0.05) is 125 Å². The Kier molecular flexibility index (Phi) is 5.83. The van der Waals surface area contributed by atoms with Gasteiger partial charge in [0, 0.05) is 45.1 Å². The lowest BCUT2D eigenvalue weighted by molar-refractivity contribution is 0.652. The standard InChI is InChI=1S/C50H36N2/c1-49(2)41-27-40-42(28-39(41)45-35-19-11-9-17-33(35)37(25-43(45)49)47-31-15-7-5-13-29(31)21-23-51-47)50(3,4)44-26-38(34-18-10-12-20-36(34)46(40)44)48-32-16-8-6-14-30(32)22-24-52-48/h5-28H,1-4H3. The van der Waals surface area contributed by atoms with Crippen LogP contribution >= 0.6 is 0 Å². The van der Waals surface area contributed by atoms with Crippen molar-refractivity contribution in [3.05, 3.63) is 168 Å². The molecule has 2 heteroatoms. The number of nitrogens with zero attached hydrogens (tertiary/aromatic N) is 2. The van der Waals surface area contributed by atoms with Crippen molar-refractivity contribution >= 4 is 43.1 Å². The summed E-state index contributed by atoms with van der Waals surface area (Å²) >= 11 is 0.